The van der Waals surface area contributed by atoms with E-state index in [4.69, 9.17) is 4.74 Å². The molecule has 0 unspecified atom stereocenters. The fourth-order valence-electron chi connectivity index (χ4n) is 3.64. The second-order valence-electron chi connectivity index (χ2n) is 7.37. The van der Waals surface area contributed by atoms with Crippen molar-refractivity contribution in [2.24, 2.45) is 0 Å². The maximum absolute atomic E-state index is 13.3. The Morgan fingerprint density at radius 3 is 2.44 bits per heavy atom. The highest BCUT2D eigenvalue weighted by atomic mass is 32.2. The molecule has 2 heterocycles. The molecule has 170 valence electrons. The largest absolute Gasteiger partial charge is 0.495 e. The Morgan fingerprint density at radius 2 is 1.75 bits per heavy atom. The van der Waals surface area contributed by atoms with Crippen LogP contribution in [0, 0.1) is 0 Å². The third kappa shape index (κ3) is 4.35. The second kappa shape index (κ2) is 8.55. The van der Waals surface area contributed by atoms with Crippen LogP contribution in [0.3, 0.4) is 0 Å². The van der Waals surface area contributed by atoms with Crippen molar-refractivity contribution < 1.29 is 26.3 Å². The zero-order valence-electron chi connectivity index (χ0n) is 17.2. The van der Waals surface area contributed by atoms with Crippen molar-refractivity contribution in [2.75, 3.05) is 25.5 Å². The Hall–Kier alpha value is -2.92. The minimum absolute atomic E-state index is 0.0543. The molecule has 1 aromatic heterocycles. The highest BCUT2D eigenvalue weighted by Gasteiger charge is 2.35. The maximum Gasteiger partial charge on any atom is 0.451 e. The lowest BCUT2D eigenvalue weighted by atomic mass is 10.2. The first kappa shape index (κ1) is 22.3. The van der Waals surface area contributed by atoms with Gasteiger partial charge in [-0.25, -0.2) is 18.4 Å². The van der Waals surface area contributed by atoms with Gasteiger partial charge in [0, 0.05) is 24.2 Å². The quantitative estimate of drug-likeness (QED) is 0.593. The number of methoxy groups -OCH3 is 1. The summed E-state index contributed by atoms with van der Waals surface area (Å²) in [6.07, 6.45) is -2.23. The Bertz CT molecular complexity index is 1240. The number of alkyl halides is 3. The number of piperidine rings is 1. The molecule has 1 fully saturated rings. The summed E-state index contributed by atoms with van der Waals surface area (Å²) in [6.45, 7) is 0.823. The topological polar surface area (TPSA) is 84.4 Å². The average Bonchev–Trinajstić information content (AvgIpc) is 2.79. The average molecular weight is 466 g/mol. The number of sulfonamides is 1. The Morgan fingerprint density at radius 1 is 1.03 bits per heavy atom. The van der Waals surface area contributed by atoms with Gasteiger partial charge in [-0.1, -0.05) is 18.6 Å². The van der Waals surface area contributed by atoms with Crippen molar-refractivity contribution >= 4 is 32.4 Å². The van der Waals surface area contributed by atoms with E-state index in [1.807, 2.05) is 0 Å². The number of para-hydroxylation sites is 1. The van der Waals surface area contributed by atoms with E-state index in [0.717, 1.165) is 19.3 Å². The number of anilines is 2. The minimum atomic E-state index is -4.73. The number of hydrogen-bond donors (Lipinski definition) is 1. The predicted molar refractivity (Wildman–Crippen MR) is 113 cm³/mol. The molecule has 2 aromatic carbocycles. The van der Waals surface area contributed by atoms with E-state index < -0.39 is 22.0 Å². The molecule has 1 aliphatic rings. The molecule has 0 spiro atoms. The van der Waals surface area contributed by atoms with Crippen LogP contribution in [0.25, 0.3) is 10.9 Å². The molecule has 1 aliphatic heterocycles. The van der Waals surface area contributed by atoms with Gasteiger partial charge in [0.1, 0.15) is 16.5 Å². The van der Waals surface area contributed by atoms with Crippen molar-refractivity contribution in [1.29, 1.82) is 0 Å². The van der Waals surface area contributed by atoms with Crippen LogP contribution in [0.4, 0.5) is 24.7 Å². The molecule has 1 saturated heterocycles. The van der Waals surface area contributed by atoms with Gasteiger partial charge in [0.05, 0.1) is 12.6 Å². The first-order valence-electron chi connectivity index (χ1n) is 9.99. The van der Waals surface area contributed by atoms with Crippen molar-refractivity contribution in [1.82, 2.24) is 14.3 Å². The van der Waals surface area contributed by atoms with Crippen molar-refractivity contribution in [3.05, 3.63) is 48.3 Å². The third-order valence-electron chi connectivity index (χ3n) is 5.22. The summed E-state index contributed by atoms with van der Waals surface area (Å²) < 4.78 is 73.0. The normalized spacial score (nSPS) is 15.6. The number of nitrogens with zero attached hydrogens (tertiary/aromatic N) is 3. The first-order chi connectivity index (χ1) is 15.2. The van der Waals surface area contributed by atoms with Gasteiger partial charge in [-0.3, -0.25) is 0 Å². The van der Waals surface area contributed by atoms with Crippen LogP contribution in [-0.2, 0) is 16.2 Å². The van der Waals surface area contributed by atoms with Crippen molar-refractivity contribution in [2.45, 2.75) is 30.3 Å². The molecular weight excluding hydrogens is 445 g/mol. The van der Waals surface area contributed by atoms with E-state index in [2.05, 4.69) is 15.3 Å². The number of aromatic nitrogens is 2. The number of nitrogens with one attached hydrogen (secondary N) is 1. The van der Waals surface area contributed by atoms with Crippen molar-refractivity contribution in [3.8, 4) is 5.75 Å². The van der Waals surface area contributed by atoms with Crippen LogP contribution in [-0.4, -0.2) is 42.9 Å². The summed E-state index contributed by atoms with van der Waals surface area (Å²) in [5.74, 6) is -1.20. The highest BCUT2D eigenvalue weighted by Crippen LogP contribution is 2.34. The van der Waals surface area contributed by atoms with E-state index in [1.165, 1.54) is 35.7 Å². The molecule has 0 atom stereocenters. The highest BCUT2D eigenvalue weighted by molar-refractivity contribution is 7.89. The predicted octanol–water partition coefficient (Wildman–Crippen LogP) is 4.58. The van der Waals surface area contributed by atoms with Crippen LogP contribution in [0.1, 0.15) is 25.1 Å². The van der Waals surface area contributed by atoms with E-state index in [-0.39, 0.29) is 27.7 Å². The number of fused-ring (bicyclic) bond motifs is 1. The van der Waals surface area contributed by atoms with Gasteiger partial charge in [0.15, 0.2) is 0 Å². The zero-order valence-corrected chi connectivity index (χ0v) is 18.0. The maximum atomic E-state index is 13.3. The van der Waals surface area contributed by atoms with Crippen molar-refractivity contribution in [3.63, 3.8) is 0 Å². The molecule has 7 nitrogen and oxygen atoms in total. The number of hydrogen-bond acceptors (Lipinski definition) is 6. The van der Waals surface area contributed by atoms with Gasteiger partial charge in [-0.05, 0) is 43.2 Å². The van der Waals surface area contributed by atoms with E-state index in [9.17, 15) is 21.6 Å². The third-order valence-corrected chi connectivity index (χ3v) is 7.14. The second-order valence-corrected chi connectivity index (χ2v) is 9.27. The monoisotopic (exact) mass is 466 g/mol. The van der Waals surface area contributed by atoms with E-state index >= 15 is 0 Å². The first-order valence-corrected chi connectivity index (χ1v) is 11.4. The number of halogens is 3. The molecular formula is C21H21F3N4O3S. The minimum Gasteiger partial charge on any atom is -0.495 e. The van der Waals surface area contributed by atoms with E-state index in [1.54, 1.807) is 18.2 Å². The lowest BCUT2D eigenvalue weighted by Gasteiger charge is -2.26. The smallest absolute Gasteiger partial charge is 0.451 e. The van der Waals surface area contributed by atoms with Crippen LogP contribution in [0.2, 0.25) is 0 Å². The molecule has 32 heavy (non-hydrogen) atoms. The Kier molecular flexibility index (Phi) is 5.95. The summed E-state index contributed by atoms with van der Waals surface area (Å²) in [4.78, 5) is 7.19. The lowest BCUT2D eigenvalue weighted by molar-refractivity contribution is -0.144. The fraction of sp³-hybridized carbons (Fsp3) is 0.333. The standard InChI is InChI=1S/C21H21F3N4O3S/c1-31-17-10-9-14(13-18(17)32(29,30)28-11-5-2-6-12-28)25-19-15-7-3-4-8-16(15)26-20(27-19)21(22,23)24/h3-4,7-10,13H,2,5-6,11-12H2,1H3,(H,25,26,27). The molecule has 0 amide bonds. The summed E-state index contributed by atoms with van der Waals surface area (Å²) >= 11 is 0. The SMILES string of the molecule is COc1ccc(Nc2nc(C(F)(F)F)nc3ccccc23)cc1S(=O)(=O)N1CCCCC1. The summed E-state index contributed by atoms with van der Waals surface area (Å²) in [6, 6.07) is 10.6. The summed E-state index contributed by atoms with van der Waals surface area (Å²) in [5, 5.41) is 3.21. The summed E-state index contributed by atoms with van der Waals surface area (Å²) in [5.41, 5.74) is 0.380. The van der Waals surface area contributed by atoms with Crippen LogP contribution in [0.5, 0.6) is 5.75 Å². The van der Waals surface area contributed by atoms with Gasteiger partial charge in [-0.15, -0.1) is 0 Å². The number of rotatable bonds is 5. The van der Waals surface area contributed by atoms with Crippen LogP contribution in [0.15, 0.2) is 47.4 Å². The van der Waals surface area contributed by atoms with Gasteiger partial charge in [0.25, 0.3) is 0 Å². The molecule has 0 saturated carbocycles. The van der Waals surface area contributed by atoms with Gasteiger partial charge in [0.2, 0.25) is 15.8 Å². The number of ether oxygens (including phenoxy) is 1. The van der Waals surface area contributed by atoms with Crippen LogP contribution >= 0.6 is 0 Å². The number of benzene rings is 2. The molecule has 0 aliphatic carbocycles. The molecule has 0 bridgehead atoms. The lowest BCUT2D eigenvalue weighted by Crippen LogP contribution is -2.35. The van der Waals surface area contributed by atoms with Crippen LogP contribution < -0.4 is 10.1 Å². The van der Waals surface area contributed by atoms with Gasteiger partial charge < -0.3 is 10.1 Å². The molecule has 1 N–H and O–H groups in total. The fourth-order valence-corrected chi connectivity index (χ4v) is 5.33. The van der Waals surface area contributed by atoms with Gasteiger partial charge in [-0.2, -0.15) is 17.5 Å². The Labute approximate surface area is 183 Å². The van der Waals surface area contributed by atoms with E-state index in [0.29, 0.717) is 18.5 Å². The molecule has 0 radical (unpaired) electrons. The molecule has 4 rings (SSSR count). The summed E-state index contributed by atoms with van der Waals surface area (Å²) in [7, 11) is -2.47. The molecule has 11 heteroatoms. The van der Waals surface area contributed by atoms with Gasteiger partial charge >= 0.3 is 6.18 Å². The molecule has 3 aromatic rings. The zero-order chi connectivity index (χ0) is 22.9. The Balaban J connectivity index is 1.78.